The maximum absolute atomic E-state index is 10.8. The van der Waals surface area contributed by atoms with Crippen molar-refractivity contribution in [1.29, 1.82) is 0 Å². The van der Waals surface area contributed by atoms with E-state index >= 15 is 0 Å². The Morgan fingerprint density at radius 2 is 2.33 bits per heavy atom. The van der Waals surface area contributed by atoms with Gasteiger partial charge < -0.3 is 10.5 Å². The maximum Gasteiger partial charge on any atom is 0.322 e. The zero-order valence-electron chi connectivity index (χ0n) is 7.18. The lowest BCUT2D eigenvalue weighted by atomic mass is 10.1. The van der Waals surface area contributed by atoms with E-state index in [1.807, 2.05) is 0 Å². The molecular formula is C7H15IN2O2. The topological polar surface area (TPSA) is 64.3 Å². The van der Waals surface area contributed by atoms with E-state index in [0.29, 0.717) is 6.42 Å². The molecule has 0 amide bonds. The van der Waals surface area contributed by atoms with Crippen LogP contribution in [0, 0.1) is 0 Å². The Balaban J connectivity index is 3.31. The molecule has 4 nitrogen and oxygen atoms in total. The molecule has 0 saturated carbocycles. The molecule has 0 fully saturated rings. The molecule has 0 aliphatic heterocycles. The van der Waals surface area contributed by atoms with Gasteiger partial charge in [0.2, 0.25) is 0 Å². The minimum atomic E-state index is -0.454. The van der Waals surface area contributed by atoms with Crippen LogP contribution in [0.1, 0.15) is 19.3 Å². The van der Waals surface area contributed by atoms with Crippen LogP contribution in [0.5, 0.6) is 0 Å². The smallest absolute Gasteiger partial charge is 0.322 e. The van der Waals surface area contributed by atoms with E-state index in [1.165, 1.54) is 7.11 Å². The Labute approximate surface area is 86.7 Å². The van der Waals surface area contributed by atoms with Crippen LogP contribution in [-0.4, -0.2) is 25.7 Å². The molecule has 3 N–H and O–H groups in total. The monoisotopic (exact) mass is 286 g/mol. The number of ether oxygens (including phenoxy) is 1. The Bertz CT molecular complexity index is 133. The normalized spacial score (nSPS) is 12.6. The number of hydrogen-bond donors (Lipinski definition) is 2. The van der Waals surface area contributed by atoms with Gasteiger partial charge in [0.15, 0.2) is 0 Å². The summed E-state index contributed by atoms with van der Waals surface area (Å²) in [5.74, 6) is -0.322. The van der Waals surface area contributed by atoms with E-state index in [1.54, 1.807) is 0 Å². The summed E-state index contributed by atoms with van der Waals surface area (Å²) < 4.78 is 7.49. The fraction of sp³-hybridized carbons (Fsp3) is 0.857. The van der Waals surface area contributed by atoms with Gasteiger partial charge in [-0.15, -0.1) is 0 Å². The van der Waals surface area contributed by atoms with Gasteiger partial charge in [-0.2, -0.15) is 0 Å². The lowest BCUT2D eigenvalue weighted by Gasteiger charge is -2.07. The number of nitrogens with two attached hydrogens (primary N) is 1. The molecule has 1 atom stereocenters. The van der Waals surface area contributed by atoms with Crippen molar-refractivity contribution in [1.82, 2.24) is 3.53 Å². The second-order valence-corrected chi connectivity index (χ2v) is 3.27. The van der Waals surface area contributed by atoms with Crippen molar-refractivity contribution in [3.05, 3.63) is 0 Å². The first-order valence-corrected chi connectivity index (χ1v) is 4.97. The number of rotatable bonds is 6. The first kappa shape index (κ1) is 12.1. The minimum absolute atomic E-state index is 0.322. The molecule has 0 bridgehead atoms. The van der Waals surface area contributed by atoms with Gasteiger partial charge in [0, 0.05) is 29.4 Å². The molecule has 5 heteroatoms. The Hall–Kier alpha value is 0.120. The highest BCUT2D eigenvalue weighted by atomic mass is 127. The number of halogens is 1. The molecule has 0 aromatic rings. The maximum atomic E-state index is 10.8. The molecule has 0 aromatic heterocycles. The summed E-state index contributed by atoms with van der Waals surface area (Å²) in [5.41, 5.74) is 5.51. The molecule has 0 aliphatic rings. The molecule has 0 aliphatic carbocycles. The number of hydrogen-bond acceptors (Lipinski definition) is 4. The molecule has 0 rings (SSSR count). The quantitative estimate of drug-likeness (QED) is 0.325. The summed E-state index contributed by atoms with van der Waals surface area (Å²) in [7, 11) is 1.36. The van der Waals surface area contributed by atoms with E-state index in [2.05, 4.69) is 31.1 Å². The second kappa shape index (κ2) is 7.75. The third-order valence-corrected chi connectivity index (χ3v) is 2.08. The van der Waals surface area contributed by atoms with Crippen LogP contribution in [0.2, 0.25) is 0 Å². The standard InChI is InChI=1S/C7H15IN2O2/c1-12-7(11)6(9)4-2-3-5-10-8/h6,10H,2-5,9H2,1H3/t6-/m0/s1. The second-order valence-electron chi connectivity index (χ2n) is 2.51. The predicted octanol–water partition coefficient (Wildman–Crippen LogP) is 0.597. The van der Waals surface area contributed by atoms with E-state index in [-0.39, 0.29) is 5.97 Å². The Kier molecular flexibility index (Phi) is 7.83. The molecule has 0 spiro atoms. The van der Waals surface area contributed by atoms with Crippen LogP contribution in [0.15, 0.2) is 0 Å². The zero-order chi connectivity index (χ0) is 9.40. The van der Waals surface area contributed by atoms with Gasteiger partial charge in [-0.1, -0.05) is 6.42 Å². The van der Waals surface area contributed by atoms with Gasteiger partial charge in [-0.25, -0.2) is 0 Å². The zero-order valence-corrected chi connectivity index (χ0v) is 9.34. The number of carbonyl (C=O) groups is 1. The summed E-state index contributed by atoms with van der Waals surface area (Å²) in [6.07, 6.45) is 2.69. The molecule has 12 heavy (non-hydrogen) atoms. The number of esters is 1. The van der Waals surface area contributed by atoms with Gasteiger partial charge in [0.25, 0.3) is 0 Å². The van der Waals surface area contributed by atoms with E-state index in [0.717, 1.165) is 19.4 Å². The molecule has 0 unspecified atom stereocenters. The summed E-state index contributed by atoms with van der Waals surface area (Å²) in [5, 5.41) is 0. The van der Waals surface area contributed by atoms with Crippen LogP contribution in [0.25, 0.3) is 0 Å². The van der Waals surface area contributed by atoms with Crippen molar-refractivity contribution in [3.63, 3.8) is 0 Å². The fourth-order valence-corrected chi connectivity index (χ4v) is 1.21. The highest BCUT2D eigenvalue weighted by molar-refractivity contribution is 14.1. The summed E-state index contributed by atoms with van der Waals surface area (Å²) in [4.78, 5) is 10.8. The Morgan fingerprint density at radius 3 is 2.83 bits per heavy atom. The number of unbranched alkanes of at least 4 members (excludes halogenated alkanes) is 1. The summed E-state index contributed by atoms with van der Waals surface area (Å²) in [6, 6.07) is -0.454. The molecule has 0 saturated heterocycles. The van der Waals surface area contributed by atoms with Crippen molar-refractivity contribution in [2.45, 2.75) is 25.3 Å². The summed E-state index contributed by atoms with van der Waals surface area (Å²) in [6.45, 7) is 0.953. The van der Waals surface area contributed by atoms with Gasteiger partial charge in [-0.05, 0) is 12.8 Å². The molecule has 72 valence electrons. The van der Waals surface area contributed by atoms with Crippen LogP contribution < -0.4 is 9.26 Å². The number of nitrogens with one attached hydrogen (secondary N) is 1. The van der Waals surface area contributed by atoms with Gasteiger partial charge in [0.05, 0.1) is 7.11 Å². The minimum Gasteiger partial charge on any atom is -0.468 e. The highest BCUT2D eigenvalue weighted by Crippen LogP contribution is 1.99. The summed E-state index contributed by atoms with van der Waals surface area (Å²) >= 11 is 2.09. The third-order valence-electron chi connectivity index (χ3n) is 1.54. The lowest BCUT2D eigenvalue weighted by Crippen LogP contribution is -2.31. The lowest BCUT2D eigenvalue weighted by molar-refractivity contribution is -0.142. The van der Waals surface area contributed by atoms with Crippen LogP contribution >= 0.6 is 22.9 Å². The van der Waals surface area contributed by atoms with E-state index in [9.17, 15) is 4.79 Å². The van der Waals surface area contributed by atoms with Gasteiger partial charge >= 0.3 is 5.97 Å². The molecule has 0 aromatic carbocycles. The third kappa shape index (κ3) is 5.73. The van der Waals surface area contributed by atoms with Crippen molar-refractivity contribution in [2.24, 2.45) is 5.73 Å². The number of carbonyl (C=O) groups excluding carboxylic acids is 1. The highest BCUT2D eigenvalue weighted by Gasteiger charge is 2.11. The first-order chi connectivity index (χ1) is 5.72. The molecular weight excluding hydrogens is 271 g/mol. The SMILES string of the molecule is COC(=O)[C@@H](N)CCCCNI. The van der Waals surface area contributed by atoms with Crippen LogP contribution in [-0.2, 0) is 9.53 Å². The van der Waals surface area contributed by atoms with Crippen molar-refractivity contribution >= 4 is 28.8 Å². The largest absolute Gasteiger partial charge is 0.468 e. The molecule has 0 radical (unpaired) electrons. The Morgan fingerprint density at radius 1 is 1.67 bits per heavy atom. The first-order valence-electron chi connectivity index (χ1n) is 3.89. The van der Waals surface area contributed by atoms with Crippen LogP contribution in [0.3, 0.4) is 0 Å². The van der Waals surface area contributed by atoms with E-state index in [4.69, 9.17) is 5.73 Å². The average molecular weight is 286 g/mol. The number of methoxy groups -OCH3 is 1. The van der Waals surface area contributed by atoms with Gasteiger partial charge in [-0.3, -0.25) is 8.32 Å². The van der Waals surface area contributed by atoms with E-state index < -0.39 is 6.04 Å². The van der Waals surface area contributed by atoms with Crippen molar-refractivity contribution in [3.8, 4) is 0 Å². The average Bonchev–Trinajstić information content (AvgIpc) is 2.10. The van der Waals surface area contributed by atoms with Crippen molar-refractivity contribution < 1.29 is 9.53 Å². The molecule has 0 heterocycles. The fourth-order valence-electron chi connectivity index (χ4n) is 0.825. The van der Waals surface area contributed by atoms with Gasteiger partial charge in [0.1, 0.15) is 6.04 Å². The van der Waals surface area contributed by atoms with Crippen LogP contribution in [0.4, 0.5) is 0 Å². The predicted molar refractivity (Wildman–Crippen MR) is 55.9 cm³/mol. The van der Waals surface area contributed by atoms with Crippen molar-refractivity contribution in [2.75, 3.05) is 13.7 Å².